The van der Waals surface area contributed by atoms with Gasteiger partial charge in [0.15, 0.2) is 11.6 Å². The second kappa shape index (κ2) is 13.2. The average molecular weight is 576 g/mol. The Morgan fingerprint density at radius 3 is 2.53 bits per heavy atom. The molecule has 1 aliphatic rings. The summed E-state index contributed by atoms with van der Waals surface area (Å²) in [6.45, 7) is 4.57. The fourth-order valence-corrected chi connectivity index (χ4v) is 4.47. The molecule has 1 aliphatic heterocycles. The second-order valence-corrected chi connectivity index (χ2v) is 9.77. The van der Waals surface area contributed by atoms with Crippen LogP contribution in [0.2, 0.25) is 0 Å². The van der Waals surface area contributed by atoms with Crippen molar-refractivity contribution in [2.24, 2.45) is 4.99 Å². The van der Waals surface area contributed by atoms with Crippen molar-refractivity contribution in [1.29, 1.82) is 0 Å². The van der Waals surface area contributed by atoms with Gasteiger partial charge in [-0.25, -0.2) is 4.99 Å². The molecular formula is C31H31BrN2O4. The standard InChI is InChI=1S/C31H31BrN2O4/c1-2-20-33-30(36)31(19-6-10-23-8-4-3-5-9-23)28(24-11-15-26(32)16-12-24)38-29(34-31)25-13-17-27(18-14-25)37-22-7-21-35/h2-6,8-18,28,35H,1,7,19-22H2,(H,33,36)/b10-6+/t28-,31-/m1/s1. The summed E-state index contributed by atoms with van der Waals surface area (Å²) in [6.07, 6.45) is 5.87. The van der Waals surface area contributed by atoms with Crippen LogP contribution in [-0.2, 0) is 9.53 Å². The van der Waals surface area contributed by atoms with Crippen LogP contribution in [0.25, 0.3) is 6.08 Å². The molecular weight excluding hydrogens is 544 g/mol. The molecule has 0 fully saturated rings. The van der Waals surface area contributed by atoms with Gasteiger partial charge < -0.3 is 19.9 Å². The summed E-state index contributed by atoms with van der Waals surface area (Å²) >= 11 is 3.49. The Balaban J connectivity index is 1.72. The zero-order valence-electron chi connectivity index (χ0n) is 21.1. The van der Waals surface area contributed by atoms with Crippen LogP contribution in [0.15, 0.2) is 107 Å². The number of rotatable bonds is 12. The molecule has 6 nitrogen and oxygen atoms in total. The van der Waals surface area contributed by atoms with Gasteiger partial charge in [0, 0.05) is 36.0 Å². The monoisotopic (exact) mass is 574 g/mol. The molecule has 7 heteroatoms. The number of benzene rings is 3. The molecule has 3 aromatic carbocycles. The van der Waals surface area contributed by atoms with Crippen molar-refractivity contribution in [2.75, 3.05) is 19.8 Å². The van der Waals surface area contributed by atoms with Gasteiger partial charge >= 0.3 is 0 Å². The van der Waals surface area contributed by atoms with E-state index in [1.54, 1.807) is 6.08 Å². The highest BCUT2D eigenvalue weighted by Gasteiger charge is 2.52. The summed E-state index contributed by atoms with van der Waals surface area (Å²) in [5.74, 6) is 0.842. The molecule has 0 bridgehead atoms. The van der Waals surface area contributed by atoms with Crippen molar-refractivity contribution in [1.82, 2.24) is 5.32 Å². The summed E-state index contributed by atoms with van der Waals surface area (Å²) < 4.78 is 13.1. The van der Waals surface area contributed by atoms with Crippen LogP contribution in [0.4, 0.5) is 0 Å². The fourth-order valence-electron chi connectivity index (χ4n) is 4.21. The second-order valence-electron chi connectivity index (χ2n) is 8.86. The van der Waals surface area contributed by atoms with Crippen LogP contribution in [-0.4, -0.2) is 42.2 Å². The minimum Gasteiger partial charge on any atom is -0.494 e. The fraction of sp³-hybridized carbons (Fsp3) is 0.226. The predicted molar refractivity (Wildman–Crippen MR) is 154 cm³/mol. The van der Waals surface area contributed by atoms with Gasteiger partial charge in [-0.1, -0.05) is 76.6 Å². The zero-order valence-corrected chi connectivity index (χ0v) is 22.6. The molecule has 38 heavy (non-hydrogen) atoms. The van der Waals surface area contributed by atoms with Crippen molar-refractivity contribution < 1.29 is 19.4 Å². The minimum absolute atomic E-state index is 0.0783. The smallest absolute Gasteiger partial charge is 0.252 e. The Morgan fingerprint density at radius 2 is 1.84 bits per heavy atom. The van der Waals surface area contributed by atoms with Crippen LogP contribution in [0.1, 0.15) is 35.6 Å². The topological polar surface area (TPSA) is 80.2 Å². The van der Waals surface area contributed by atoms with Crippen molar-refractivity contribution in [3.8, 4) is 5.75 Å². The quantitative estimate of drug-likeness (QED) is 0.209. The van der Waals surface area contributed by atoms with E-state index >= 15 is 0 Å². The van der Waals surface area contributed by atoms with E-state index in [2.05, 4.69) is 27.8 Å². The highest BCUT2D eigenvalue weighted by Crippen LogP contribution is 2.43. The van der Waals surface area contributed by atoms with E-state index in [4.69, 9.17) is 19.6 Å². The van der Waals surface area contributed by atoms with E-state index in [-0.39, 0.29) is 12.5 Å². The SMILES string of the molecule is C=CCNC(=O)[C@]1(C/C=C/c2ccccc2)N=C(c2ccc(OCCCO)cc2)O[C@@H]1c1ccc(Br)cc1. The lowest BCUT2D eigenvalue weighted by Gasteiger charge is -2.29. The maximum atomic E-state index is 13.8. The first kappa shape index (κ1) is 27.4. The molecule has 0 saturated carbocycles. The lowest BCUT2D eigenvalue weighted by atomic mass is 9.84. The largest absolute Gasteiger partial charge is 0.494 e. The van der Waals surface area contributed by atoms with E-state index in [0.29, 0.717) is 37.6 Å². The lowest BCUT2D eigenvalue weighted by Crippen LogP contribution is -2.48. The summed E-state index contributed by atoms with van der Waals surface area (Å²) in [4.78, 5) is 18.7. The summed E-state index contributed by atoms with van der Waals surface area (Å²) in [6, 6.07) is 25.1. The van der Waals surface area contributed by atoms with Gasteiger partial charge in [0.1, 0.15) is 5.75 Å². The zero-order chi connectivity index (χ0) is 26.8. The molecule has 0 aromatic heterocycles. The maximum Gasteiger partial charge on any atom is 0.252 e. The van der Waals surface area contributed by atoms with Crippen LogP contribution < -0.4 is 10.1 Å². The number of halogens is 1. The van der Waals surface area contributed by atoms with Crippen LogP contribution in [0.3, 0.4) is 0 Å². The van der Waals surface area contributed by atoms with E-state index in [1.807, 2.05) is 91.0 Å². The van der Waals surface area contributed by atoms with Crippen molar-refractivity contribution in [3.63, 3.8) is 0 Å². The number of nitrogens with zero attached hydrogens (tertiary/aromatic N) is 1. The van der Waals surface area contributed by atoms with Crippen LogP contribution in [0, 0.1) is 0 Å². The van der Waals surface area contributed by atoms with E-state index in [0.717, 1.165) is 21.2 Å². The Labute approximate surface area is 231 Å². The summed E-state index contributed by atoms with van der Waals surface area (Å²) in [5.41, 5.74) is 1.40. The average Bonchev–Trinajstić information content (AvgIpc) is 3.34. The number of hydrogen-bond donors (Lipinski definition) is 2. The molecule has 0 radical (unpaired) electrons. The Morgan fingerprint density at radius 1 is 1.11 bits per heavy atom. The van der Waals surface area contributed by atoms with Gasteiger partial charge in [-0.2, -0.15) is 0 Å². The summed E-state index contributed by atoms with van der Waals surface area (Å²) in [7, 11) is 0. The number of nitrogens with one attached hydrogen (secondary N) is 1. The number of carbonyl (C=O) groups is 1. The normalized spacial score (nSPS) is 18.6. The number of aliphatic hydroxyl groups excluding tert-OH is 1. The number of hydrogen-bond acceptors (Lipinski definition) is 5. The minimum atomic E-state index is -1.23. The third kappa shape index (κ3) is 6.60. The number of ether oxygens (including phenoxy) is 2. The lowest BCUT2D eigenvalue weighted by molar-refractivity contribution is -0.128. The van der Waals surface area contributed by atoms with Crippen molar-refractivity contribution in [2.45, 2.75) is 24.5 Å². The molecule has 3 aromatic rings. The predicted octanol–water partition coefficient (Wildman–Crippen LogP) is 5.87. The number of aliphatic hydroxyl groups is 1. The number of amides is 1. The van der Waals surface area contributed by atoms with Gasteiger partial charge in [0.05, 0.1) is 6.61 Å². The highest BCUT2D eigenvalue weighted by molar-refractivity contribution is 9.10. The third-order valence-electron chi connectivity index (χ3n) is 6.15. The van der Waals surface area contributed by atoms with Crippen molar-refractivity contribution >= 4 is 33.8 Å². The van der Waals surface area contributed by atoms with Gasteiger partial charge in [-0.15, -0.1) is 6.58 Å². The maximum absolute atomic E-state index is 13.8. The van der Waals surface area contributed by atoms with Crippen LogP contribution in [0.5, 0.6) is 5.75 Å². The van der Waals surface area contributed by atoms with Gasteiger partial charge in [0.25, 0.3) is 5.91 Å². The molecule has 4 rings (SSSR count). The molecule has 0 aliphatic carbocycles. The number of aliphatic imine (C=N–C) groups is 1. The highest BCUT2D eigenvalue weighted by atomic mass is 79.9. The van der Waals surface area contributed by atoms with Gasteiger partial charge in [-0.05, 0) is 47.5 Å². The Hall–Kier alpha value is -3.68. The van der Waals surface area contributed by atoms with Gasteiger partial charge in [0.2, 0.25) is 5.90 Å². The first-order valence-electron chi connectivity index (χ1n) is 12.5. The molecule has 0 spiro atoms. The van der Waals surface area contributed by atoms with E-state index in [9.17, 15) is 4.79 Å². The molecule has 2 N–H and O–H groups in total. The number of carbonyl (C=O) groups excluding carboxylic acids is 1. The molecule has 196 valence electrons. The molecule has 2 atom stereocenters. The molecule has 1 amide bonds. The first-order valence-corrected chi connectivity index (χ1v) is 13.3. The molecule has 1 heterocycles. The van der Waals surface area contributed by atoms with E-state index < -0.39 is 11.6 Å². The molecule has 0 saturated heterocycles. The van der Waals surface area contributed by atoms with Gasteiger partial charge in [-0.3, -0.25) is 4.79 Å². The van der Waals surface area contributed by atoms with E-state index in [1.165, 1.54) is 0 Å². The van der Waals surface area contributed by atoms with Crippen LogP contribution >= 0.6 is 15.9 Å². The molecule has 0 unspecified atom stereocenters. The Bertz CT molecular complexity index is 1270. The summed E-state index contributed by atoms with van der Waals surface area (Å²) in [5, 5.41) is 11.9. The first-order chi connectivity index (χ1) is 18.6. The Kier molecular flexibility index (Phi) is 9.51. The van der Waals surface area contributed by atoms with Crippen molar-refractivity contribution in [3.05, 3.63) is 119 Å². The third-order valence-corrected chi connectivity index (χ3v) is 6.68.